The molecule has 1 atom stereocenters. The van der Waals surface area contributed by atoms with Crippen molar-refractivity contribution in [2.75, 3.05) is 0 Å². The number of benzene rings is 2. The third-order valence-electron chi connectivity index (χ3n) is 4.06. The fourth-order valence-electron chi connectivity index (χ4n) is 2.65. The van der Waals surface area contributed by atoms with Gasteiger partial charge in [-0.2, -0.15) is 13.2 Å². The SMILES string of the molecule is CC(F)(F)C(/C=C(\F)c1ccc(C(=O)O)c(C(F)(F)F)c1)c1cc(Cl)c(Cl)c(Cl)c1. The van der Waals surface area contributed by atoms with Gasteiger partial charge in [-0.05, 0) is 35.9 Å². The van der Waals surface area contributed by atoms with Gasteiger partial charge in [0.15, 0.2) is 0 Å². The number of rotatable bonds is 5. The highest BCUT2D eigenvalue weighted by Crippen LogP contribution is 2.42. The molecule has 0 radical (unpaired) electrons. The first-order chi connectivity index (χ1) is 13.6. The Morgan fingerprint density at radius 2 is 1.57 bits per heavy atom. The minimum atomic E-state index is -5.10. The van der Waals surface area contributed by atoms with Gasteiger partial charge in [0.2, 0.25) is 0 Å². The van der Waals surface area contributed by atoms with Crippen LogP contribution in [0.3, 0.4) is 0 Å². The van der Waals surface area contributed by atoms with Crippen LogP contribution >= 0.6 is 34.8 Å². The second-order valence-electron chi connectivity index (χ2n) is 6.31. The van der Waals surface area contributed by atoms with Crippen molar-refractivity contribution in [2.45, 2.75) is 24.9 Å². The molecule has 0 saturated heterocycles. The van der Waals surface area contributed by atoms with E-state index in [0.29, 0.717) is 19.1 Å². The summed E-state index contributed by atoms with van der Waals surface area (Å²) in [7, 11) is 0. The molecule has 2 aromatic carbocycles. The molecule has 1 unspecified atom stereocenters. The van der Waals surface area contributed by atoms with Crippen LogP contribution in [0.2, 0.25) is 15.1 Å². The molecule has 0 amide bonds. The highest BCUT2D eigenvalue weighted by Gasteiger charge is 2.37. The van der Waals surface area contributed by atoms with Gasteiger partial charge in [-0.1, -0.05) is 40.9 Å². The number of hydrogen-bond donors (Lipinski definition) is 1. The van der Waals surface area contributed by atoms with Gasteiger partial charge in [0.05, 0.1) is 32.1 Å². The fourth-order valence-corrected chi connectivity index (χ4v) is 3.26. The maximum atomic E-state index is 14.7. The zero-order valence-corrected chi connectivity index (χ0v) is 17.1. The van der Waals surface area contributed by atoms with E-state index in [9.17, 15) is 31.1 Å². The Bertz CT molecular complexity index is 989. The summed E-state index contributed by atoms with van der Waals surface area (Å²) in [4.78, 5) is 11.0. The van der Waals surface area contributed by atoms with Crippen molar-refractivity contribution in [3.8, 4) is 0 Å². The van der Waals surface area contributed by atoms with Gasteiger partial charge in [-0.15, -0.1) is 0 Å². The number of carbonyl (C=O) groups is 1. The van der Waals surface area contributed by atoms with E-state index in [1.54, 1.807) is 0 Å². The van der Waals surface area contributed by atoms with Crippen LogP contribution < -0.4 is 0 Å². The van der Waals surface area contributed by atoms with Crippen molar-refractivity contribution in [3.63, 3.8) is 0 Å². The lowest BCUT2D eigenvalue weighted by Crippen LogP contribution is -2.21. The van der Waals surface area contributed by atoms with Crippen molar-refractivity contribution in [1.82, 2.24) is 0 Å². The first-order valence-electron chi connectivity index (χ1n) is 7.97. The smallest absolute Gasteiger partial charge is 0.417 e. The lowest BCUT2D eigenvalue weighted by molar-refractivity contribution is -0.138. The van der Waals surface area contributed by atoms with E-state index in [4.69, 9.17) is 39.9 Å². The number of halogens is 9. The molecule has 0 bridgehead atoms. The number of alkyl halides is 5. The molecule has 1 N–H and O–H groups in total. The zero-order valence-electron chi connectivity index (χ0n) is 14.8. The van der Waals surface area contributed by atoms with Crippen molar-refractivity contribution < 1.29 is 36.2 Å². The Balaban J connectivity index is 2.62. The Hall–Kier alpha value is -1.90. The van der Waals surface area contributed by atoms with Crippen LogP contribution in [0.1, 0.15) is 39.9 Å². The van der Waals surface area contributed by atoms with E-state index in [-0.39, 0.29) is 26.7 Å². The summed E-state index contributed by atoms with van der Waals surface area (Å²) in [6.07, 6.45) is -4.69. The van der Waals surface area contributed by atoms with Crippen LogP contribution in [0.5, 0.6) is 0 Å². The summed E-state index contributed by atoms with van der Waals surface area (Å²) in [5.74, 6) is -8.82. The Labute approximate surface area is 181 Å². The first-order valence-corrected chi connectivity index (χ1v) is 9.10. The molecule has 0 aliphatic rings. The number of hydrogen-bond acceptors (Lipinski definition) is 1. The Kier molecular flexibility index (Phi) is 7.06. The second-order valence-corrected chi connectivity index (χ2v) is 7.50. The van der Waals surface area contributed by atoms with Gasteiger partial charge < -0.3 is 5.11 Å². The molecule has 2 nitrogen and oxygen atoms in total. The first kappa shape index (κ1) is 24.4. The normalized spacial score (nSPS) is 14.0. The quantitative estimate of drug-likeness (QED) is 0.339. The van der Waals surface area contributed by atoms with Crippen LogP contribution in [0.4, 0.5) is 26.3 Å². The predicted octanol–water partition coefficient (Wildman–Crippen LogP) is 8.11. The molecule has 0 fully saturated rings. The van der Waals surface area contributed by atoms with Crippen molar-refractivity contribution in [2.24, 2.45) is 0 Å². The predicted molar refractivity (Wildman–Crippen MR) is 102 cm³/mol. The molecule has 2 rings (SSSR count). The third kappa shape index (κ3) is 5.42. The average molecular weight is 492 g/mol. The van der Waals surface area contributed by atoms with Gasteiger partial charge in [-0.25, -0.2) is 18.0 Å². The van der Waals surface area contributed by atoms with E-state index in [0.717, 1.165) is 18.2 Å². The molecule has 0 aliphatic heterocycles. The molecule has 30 heavy (non-hydrogen) atoms. The molecular weight excluding hydrogens is 481 g/mol. The van der Waals surface area contributed by atoms with Crippen molar-refractivity contribution in [3.05, 3.63) is 73.7 Å². The van der Waals surface area contributed by atoms with Crippen LogP contribution in [-0.4, -0.2) is 17.0 Å². The number of carboxylic acids is 1. The molecule has 0 heterocycles. The van der Waals surface area contributed by atoms with Gasteiger partial charge in [0, 0.05) is 12.5 Å². The van der Waals surface area contributed by atoms with Crippen LogP contribution in [0.25, 0.3) is 5.83 Å². The van der Waals surface area contributed by atoms with Crippen molar-refractivity contribution >= 4 is 46.6 Å². The number of carboxylic acid groups (broad SMARTS) is 1. The summed E-state index contributed by atoms with van der Waals surface area (Å²) in [6, 6.07) is 3.61. The molecule has 2 aromatic rings. The molecule has 11 heteroatoms. The van der Waals surface area contributed by atoms with Gasteiger partial charge in [-0.3, -0.25) is 0 Å². The van der Waals surface area contributed by atoms with E-state index in [1.165, 1.54) is 0 Å². The molecule has 0 aromatic heterocycles. The van der Waals surface area contributed by atoms with Gasteiger partial charge in [0.1, 0.15) is 5.83 Å². The number of allylic oxidation sites excluding steroid dienone is 1. The van der Waals surface area contributed by atoms with Gasteiger partial charge >= 0.3 is 12.1 Å². The third-order valence-corrected chi connectivity index (χ3v) is 5.25. The Morgan fingerprint density at radius 1 is 1.03 bits per heavy atom. The Morgan fingerprint density at radius 3 is 2.00 bits per heavy atom. The minimum absolute atomic E-state index is 0.108. The molecule has 0 spiro atoms. The monoisotopic (exact) mass is 490 g/mol. The van der Waals surface area contributed by atoms with E-state index >= 15 is 0 Å². The maximum absolute atomic E-state index is 14.7. The van der Waals surface area contributed by atoms with Crippen LogP contribution in [0.15, 0.2) is 36.4 Å². The summed E-state index contributed by atoms with van der Waals surface area (Å²) in [5.41, 5.74) is -3.68. The standard InChI is InChI=1S/C19H11Cl3F6O2/c1-18(24,25)11(9-5-13(20)16(22)14(21)6-9)7-15(23)8-2-3-10(17(29)30)12(4-8)19(26,27)28/h2-7,11H,1H3,(H,29,30)/b15-7-. The van der Waals surface area contributed by atoms with Crippen LogP contribution in [0, 0.1) is 0 Å². The topological polar surface area (TPSA) is 37.3 Å². The zero-order chi connectivity index (χ0) is 23.0. The van der Waals surface area contributed by atoms with Crippen LogP contribution in [-0.2, 0) is 6.18 Å². The lowest BCUT2D eigenvalue weighted by atomic mass is 9.91. The van der Waals surface area contributed by atoms with E-state index < -0.39 is 46.5 Å². The molecule has 0 saturated carbocycles. The molecular formula is C19H11Cl3F6O2. The van der Waals surface area contributed by atoms with Gasteiger partial charge in [0.25, 0.3) is 5.92 Å². The summed E-state index contributed by atoms with van der Waals surface area (Å²) < 4.78 is 82.4. The molecule has 0 aliphatic carbocycles. The largest absolute Gasteiger partial charge is 0.478 e. The highest BCUT2D eigenvalue weighted by molar-refractivity contribution is 6.48. The summed E-state index contributed by atoms with van der Waals surface area (Å²) in [6.45, 7) is 0.479. The van der Waals surface area contributed by atoms with E-state index in [2.05, 4.69) is 0 Å². The van der Waals surface area contributed by atoms with E-state index in [1.807, 2.05) is 0 Å². The molecule has 162 valence electrons. The lowest BCUT2D eigenvalue weighted by Gasteiger charge is -2.22. The van der Waals surface area contributed by atoms with Crippen molar-refractivity contribution in [1.29, 1.82) is 0 Å². The minimum Gasteiger partial charge on any atom is -0.478 e. The second kappa shape index (κ2) is 8.69. The highest BCUT2D eigenvalue weighted by atomic mass is 35.5. The average Bonchev–Trinajstić information content (AvgIpc) is 2.61. The summed E-state index contributed by atoms with van der Waals surface area (Å²) >= 11 is 17.4. The number of aromatic carboxylic acids is 1. The fraction of sp³-hybridized carbons (Fsp3) is 0.211. The summed E-state index contributed by atoms with van der Waals surface area (Å²) in [5, 5.41) is 8.44. The maximum Gasteiger partial charge on any atom is 0.417 e.